The molecule has 2 aromatic heterocycles. The summed E-state index contributed by atoms with van der Waals surface area (Å²) < 4.78 is 71.8. The number of nitrogens with one attached hydrogen (secondary N) is 4. The fourth-order valence-electron chi connectivity index (χ4n) is 8.84. The number of imide groups is 1. The number of aromatic nitrogens is 3. The first-order chi connectivity index (χ1) is 38.6. The number of nitrogens with zero attached hydrogens (tertiary/aromatic N) is 4. The van der Waals surface area contributed by atoms with Gasteiger partial charge in [0.25, 0.3) is 22.0 Å². The van der Waals surface area contributed by atoms with Crippen LogP contribution in [0.5, 0.6) is 5.75 Å². The highest BCUT2D eigenvalue weighted by molar-refractivity contribution is 7.87. The van der Waals surface area contributed by atoms with Crippen molar-refractivity contribution in [1.29, 1.82) is 0 Å². The van der Waals surface area contributed by atoms with E-state index in [0.717, 1.165) is 4.90 Å². The molecule has 1 saturated heterocycles. The molecule has 12 N–H and O–H groups in total. The van der Waals surface area contributed by atoms with Gasteiger partial charge in [-0.2, -0.15) is 13.1 Å². The predicted molar refractivity (Wildman–Crippen MR) is 289 cm³/mol. The summed E-state index contributed by atoms with van der Waals surface area (Å²) in [5, 5.41) is 35.9. The van der Waals surface area contributed by atoms with Crippen molar-refractivity contribution in [3.8, 4) is 17.6 Å². The van der Waals surface area contributed by atoms with Gasteiger partial charge in [-0.15, -0.1) is 0 Å². The number of fused-ring (bicyclic) bond motifs is 1. The highest BCUT2D eigenvalue weighted by Crippen LogP contribution is 2.35. The quantitative estimate of drug-likeness (QED) is 0.0136. The highest BCUT2D eigenvalue weighted by atomic mass is 32.2. The molecule has 2 aromatic carbocycles. The second-order valence-electron chi connectivity index (χ2n) is 19.2. The molecule has 0 spiro atoms. The molecule has 2 aliphatic heterocycles. The first kappa shape index (κ1) is 62.7. The Hall–Kier alpha value is -7.46. The summed E-state index contributed by atoms with van der Waals surface area (Å²) in [5.74, 6) is 2.01. The second-order valence-corrected chi connectivity index (χ2v) is 20.5. The number of nitrogens with two attached hydrogens (primary N) is 3. The van der Waals surface area contributed by atoms with Crippen molar-refractivity contribution in [3.63, 3.8) is 0 Å². The molecule has 0 saturated carbocycles. The molecular formula is C53H69FN11O15S+. The van der Waals surface area contributed by atoms with Gasteiger partial charge in [-0.1, -0.05) is 48.9 Å². The third-order valence-electron chi connectivity index (χ3n) is 12.9. The van der Waals surface area contributed by atoms with Crippen molar-refractivity contribution >= 4 is 68.2 Å². The van der Waals surface area contributed by atoms with Gasteiger partial charge in [-0.3, -0.25) is 28.9 Å². The monoisotopic (exact) mass is 1150 g/mol. The van der Waals surface area contributed by atoms with E-state index in [0.29, 0.717) is 17.7 Å². The number of rotatable bonds is 31. The lowest BCUT2D eigenvalue weighted by molar-refractivity contribution is -0.668. The van der Waals surface area contributed by atoms with Crippen molar-refractivity contribution in [3.05, 3.63) is 89.6 Å². The van der Waals surface area contributed by atoms with Gasteiger partial charge in [0, 0.05) is 49.7 Å². The number of primary amides is 1. The molecule has 0 aliphatic carbocycles. The SMILES string of the molecule is CCOc1cccc(F)c1C#Cc1cn([C@@H]2O[C@H](CNS(N)(=O)=O)[C@@H](O)[C@H]2O)c2c1c(N)nc[n+]2Cc1ccc(NC(=O)[C@H](CCCNC(N)=O)CC(=O)[C@@H](NC(=O)CCOCCOCCOCCN2C(=O)C=CC2=O)C(C)C)cc1. The molecule has 0 radical (unpaired) electrons. The highest BCUT2D eigenvalue weighted by Gasteiger charge is 2.47. The van der Waals surface area contributed by atoms with Crippen molar-refractivity contribution in [1.82, 2.24) is 29.8 Å². The molecule has 0 bridgehead atoms. The Bertz CT molecular complexity index is 3080. The van der Waals surface area contributed by atoms with Crippen LogP contribution < -0.4 is 46.6 Å². The number of nitrogen functional groups attached to an aromatic ring is 1. The van der Waals surface area contributed by atoms with Crippen molar-refractivity contribution in [2.45, 2.75) is 83.6 Å². The van der Waals surface area contributed by atoms with Crippen LogP contribution in [0, 0.1) is 29.5 Å². The Morgan fingerprint density at radius 2 is 1.63 bits per heavy atom. The molecule has 81 heavy (non-hydrogen) atoms. The number of carbonyl (C=O) groups excluding carboxylic acids is 6. The van der Waals surface area contributed by atoms with E-state index in [1.807, 2.05) is 0 Å². The van der Waals surface area contributed by atoms with E-state index < -0.39 is 76.9 Å². The Morgan fingerprint density at radius 3 is 2.28 bits per heavy atom. The normalized spacial score (nSPS) is 17.8. The number of hydrogen-bond donors (Lipinski definition) is 9. The van der Waals surface area contributed by atoms with Crippen molar-refractivity contribution in [2.24, 2.45) is 22.7 Å². The maximum Gasteiger partial charge on any atom is 0.312 e. The second kappa shape index (κ2) is 29.8. The van der Waals surface area contributed by atoms with E-state index in [9.17, 15) is 47.4 Å². The molecule has 6 atom stereocenters. The number of ketones is 1. The van der Waals surface area contributed by atoms with Gasteiger partial charge >= 0.3 is 6.03 Å². The minimum atomic E-state index is -4.20. The molecule has 6 amide bonds. The van der Waals surface area contributed by atoms with Crippen molar-refractivity contribution < 1.29 is 80.0 Å². The largest absolute Gasteiger partial charge is 0.492 e. The van der Waals surface area contributed by atoms with Crippen LogP contribution in [0.15, 0.2) is 67.1 Å². The van der Waals surface area contributed by atoms with Gasteiger partial charge in [0.15, 0.2) is 5.78 Å². The smallest absolute Gasteiger partial charge is 0.312 e. The van der Waals surface area contributed by atoms with Crippen LogP contribution in [-0.2, 0) is 59.7 Å². The number of benzene rings is 2. The van der Waals surface area contributed by atoms with Gasteiger partial charge in [0.1, 0.15) is 40.8 Å². The van der Waals surface area contributed by atoms with E-state index in [-0.39, 0.29) is 142 Å². The Balaban J connectivity index is 1.11. The number of hydrogen-bond acceptors (Lipinski definition) is 17. The zero-order valence-corrected chi connectivity index (χ0v) is 45.8. The number of urea groups is 1. The number of halogens is 1. The van der Waals surface area contributed by atoms with Gasteiger partial charge in [-0.25, -0.2) is 23.5 Å². The maximum absolute atomic E-state index is 15.2. The summed E-state index contributed by atoms with van der Waals surface area (Å²) in [6, 6.07) is 9.29. The van der Waals surface area contributed by atoms with Crippen LogP contribution in [0.2, 0.25) is 0 Å². The first-order valence-electron chi connectivity index (χ1n) is 26.1. The van der Waals surface area contributed by atoms with Crippen molar-refractivity contribution in [2.75, 3.05) is 76.9 Å². The molecule has 438 valence electrons. The van der Waals surface area contributed by atoms with E-state index in [2.05, 4.69) is 37.5 Å². The molecular weight excluding hydrogens is 1080 g/mol. The molecule has 1 fully saturated rings. The molecule has 26 nitrogen and oxygen atoms in total. The van der Waals surface area contributed by atoms with Gasteiger partial charge in [0.2, 0.25) is 35.8 Å². The summed E-state index contributed by atoms with van der Waals surface area (Å²) >= 11 is 0. The number of aliphatic hydroxyl groups excluding tert-OH is 2. The summed E-state index contributed by atoms with van der Waals surface area (Å²) in [6.45, 7) is 6.46. The van der Waals surface area contributed by atoms with Crippen LogP contribution in [0.3, 0.4) is 0 Å². The minimum absolute atomic E-state index is 0.00382. The molecule has 28 heteroatoms. The van der Waals surface area contributed by atoms with Gasteiger partial charge in [0.05, 0.1) is 77.1 Å². The number of amides is 6. The molecule has 0 unspecified atom stereocenters. The molecule has 4 aromatic rings. The zero-order chi connectivity index (χ0) is 58.8. The van der Waals surface area contributed by atoms with Crippen LogP contribution in [0.4, 0.5) is 20.7 Å². The van der Waals surface area contributed by atoms with E-state index in [1.54, 1.807) is 55.7 Å². The minimum Gasteiger partial charge on any atom is -0.492 e. The van der Waals surface area contributed by atoms with E-state index in [1.165, 1.54) is 41.4 Å². The topological polar surface area (TPSA) is 374 Å². The standard InChI is InChI=1S/C53H68FN11O15S/c1-4-79-40-9-5-8-38(54)37(40)15-12-35-30-65(52-48(71)47(70)41(80-52)28-60-81(57,74)75)51-45(35)49(55)59-31-63(51)29-33-10-13-36(14-11-33)61-50(72)34(7-6-19-58-53(56)73)27-39(66)46(32(2)3)62-42(67)18-21-76-23-25-78-26-24-77-22-20-64-43(68)16-17-44(64)69/h5,8-11,13-14,16-17,30-32,34,41,46-48,52,55,60,70-71H,4,6-7,18-29H2,1-3H3,(H7,56,57,58,61,62,67,72,73,74,75)/p+1/t34-,41-,46+,47-,48-,52-/m1/s1. The Morgan fingerprint density at radius 1 is 0.951 bits per heavy atom. The number of Topliss-reactive ketones (excluding diaryl/α,β-unsaturated/α-hetero) is 1. The van der Waals surface area contributed by atoms with Crippen LogP contribution in [0.25, 0.3) is 11.0 Å². The number of anilines is 2. The average Bonchev–Trinajstić information content (AvgIpc) is 4.30. The fourth-order valence-corrected chi connectivity index (χ4v) is 9.24. The number of ether oxygens (including phenoxy) is 5. The first-order valence-corrected chi connectivity index (χ1v) is 27.6. The number of aliphatic hydroxyl groups is 2. The van der Waals surface area contributed by atoms with Crippen LogP contribution in [0.1, 0.15) is 69.4 Å². The Kier molecular flexibility index (Phi) is 23.1. The lowest BCUT2D eigenvalue weighted by Crippen LogP contribution is -2.45. The van der Waals surface area contributed by atoms with Gasteiger partial charge < -0.3 is 61.3 Å². The summed E-state index contributed by atoms with van der Waals surface area (Å²) in [6.07, 6.45) is -0.332. The number of carbonyl (C=O) groups is 6. The van der Waals surface area contributed by atoms with Crippen LogP contribution in [-0.4, -0.2) is 159 Å². The predicted octanol–water partition coefficient (Wildman–Crippen LogP) is -0.228. The lowest BCUT2D eigenvalue weighted by atomic mass is 9.89. The van der Waals surface area contributed by atoms with E-state index in [4.69, 9.17) is 40.3 Å². The lowest BCUT2D eigenvalue weighted by Gasteiger charge is -2.24. The molecule has 2 aliphatic rings. The fraction of sp³-hybridized carbons (Fsp3) is 0.472. The third kappa shape index (κ3) is 18.0. The zero-order valence-electron chi connectivity index (χ0n) is 45.0. The third-order valence-corrected chi connectivity index (χ3v) is 13.5. The summed E-state index contributed by atoms with van der Waals surface area (Å²) in [4.78, 5) is 81.0. The van der Waals surface area contributed by atoms with Crippen LogP contribution >= 0.6 is 0 Å². The molecule has 6 rings (SSSR count). The summed E-state index contributed by atoms with van der Waals surface area (Å²) in [7, 11) is -4.20. The molecule has 4 heterocycles. The van der Waals surface area contributed by atoms with Gasteiger partial charge in [-0.05, 0) is 55.5 Å². The van der Waals surface area contributed by atoms with E-state index >= 15 is 4.39 Å². The Labute approximate surface area is 467 Å². The maximum atomic E-state index is 15.2. The summed E-state index contributed by atoms with van der Waals surface area (Å²) in [5.41, 5.74) is 13.3. The average molecular weight is 1150 g/mol.